The Labute approximate surface area is 129 Å². The second-order valence-corrected chi connectivity index (χ2v) is 5.61. The summed E-state index contributed by atoms with van der Waals surface area (Å²) >= 11 is 0. The van der Waals surface area contributed by atoms with Crippen LogP contribution in [0, 0.1) is 5.82 Å². The smallest absolute Gasteiger partial charge is 0.129 e. The van der Waals surface area contributed by atoms with Crippen LogP contribution >= 0.6 is 0 Å². The maximum absolute atomic E-state index is 14.2. The molecule has 0 radical (unpaired) electrons. The summed E-state index contributed by atoms with van der Waals surface area (Å²) in [6, 6.07) is 5.47. The van der Waals surface area contributed by atoms with Crippen LogP contribution in [0.25, 0.3) is 0 Å². The molecule has 0 aliphatic rings. The molecule has 0 atom stereocenters. The average molecular weight is 294 g/mol. The van der Waals surface area contributed by atoms with Crippen molar-refractivity contribution in [3.63, 3.8) is 0 Å². The van der Waals surface area contributed by atoms with E-state index in [1.807, 2.05) is 6.07 Å². The highest BCUT2D eigenvalue weighted by molar-refractivity contribution is 5.54. The Bertz CT molecular complexity index is 385. The molecule has 0 fully saturated rings. The molecule has 0 amide bonds. The second kappa shape index (κ2) is 10.6. The highest BCUT2D eigenvalue weighted by atomic mass is 19.1. The number of halogens is 1. The van der Waals surface area contributed by atoms with Gasteiger partial charge in [-0.25, -0.2) is 4.39 Å². The first kappa shape index (κ1) is 18.0. The summed E-state index contributed by atoms with van der Waals surface area (Å²) in [5.41, 5.74) is 1.89. The van der Waals surface area contributed by atoms with E-state index in [2.05, 4.69) is 37.1 Å². The van der Waals surface area contributed by atoms with Crippen LogP contribution in [0.15, 0.2) is 18.2 Å². The summed E-state index contributed by atoms with van der Waals surface area (Å²) in [6.07, 6.45) is 5.71. The molecule has 0 saturated heterocycles. The van der Waals surface area contributed by atoms with E-state index in [1.165, 1.54) is 12.8 Å². The number of hydrogen-bond acceptors (Lipinski definition) is 2. The highest BCUT2D eigenvalue weighted by Crippen LogP contribution is 2.24. The molecule has 3 heteroatoms. The highest BCUT2D eigenvalue weighted by Gasteiger charge is 2.14. The number of nitrogens with zero attached hydrogens (tertiary/aromatic N) is 1. The molecular formula is C18H31FN2. The van der Waals surface area contributed by atoms with Crippen molar-refractivity contribution in [1.29, 1.82) is 0 Å². The van der Waals surface area contributed by atoms with Crippen molar-refractivity contribution < 1.29 is 4.39 Å². The molecule has 21 heavy (non-hydrogen) atoms. The Morgan fingerprint density at radius 1 is 1.00 bits per heavy atom. The summed E-state index contributed by atoms with van der Waals surface area (Å²) in [4.78, 5) is 2.36. The zero-order valence-corrected chi connectivity index (χ0v) is 13.9. The maximum atomic E-state index is 14.2. The van der Waals surface area contributed by atoms with Crippen molar-refractivity contribution in [3.05, 3.63) is 29.6 Å². The van der Waals surface area contributed by atoms with Crippen molar-refractivity contribution >= 4 is 5.69 Å². The van der Waals surface area contributed by atoms with E-state index in [-0.39, 0.29) is 5.82 Å². The molecule has 0 unspecified atom stereocenters. The Hall–Kier alpha value is -1.09. The lowest BCUT2D eigenvalue weighted by molar-refractivity contribution is 0.581. The molecule has 0 heterocycles. The molecule has 1 N–H and O–H groups in total. The molecule has 0 aliphatic heterocycles. The maximum Gasteiger partial charge on any atom is 0.129 e. The van der Waals surface area contributed by atoms with Gasteiger partial charge in [0, 0.05) is 30.9 Å². The molecule has 1 aromatic rings. The van der Waals surface area contributed by atoms with Gasteiger partial charge in [0.2, 0.25) is 0 Å². The quantitative estimate of drug-likeness (QED) is 0.593. The largest absolute Gasteiger partial charge is 0.371 e. The first-order chi connectivity index (χ1) is 10.2. The molecule has 0 aromatic heterocycles. The van der Waals surface area contributed by atoms with E-state index in [9.17, 15) is 4.39 Å². The topological polar surface area (TPSA) is 15.3 Å². The van der Waals surface area contributed by atoms with Gasteiger partial charge < -0.3 is 10.2 Å². The average Bonchev–Trinajstić information content (AvgIpc) is 2.49. The van der Waals surface area contributed by atoms with Gasteiger partial charge >= 0.3 is 0 Å². The Balaban J connectivity index is 2.90. The SMILES string of the molecule is CCCCN(CCCC)c1cccc(F)c1CNCCC. The van der Waals surface area contributed by atoms with Crippen molar-refractivity contribution in [2.24, 2.45) is 0 Å². The minimum Gasteiger partial charge on any atom is -0.371 e. The van der Waals surface area contributed by atoms with E-state index < -0.39 is 0 Å². The van der Waals surface area contributed by atoms with Crippen LogP contribution in [0.3, 0.4) is 0 Å². The summed E-state index contributed by atoms with van der Waals surface area (Å²) in [6.45, 7) is 10.1. The number of rotatable bonds is 11. The molecule has 120 valence electrons. The molecule has 0 bridgehead atoms. The van der Waals surface area contributed by atoms with Gasteiger partial charge in [0.15, 0.2) is 0 Å². The molecule has 0 spiro atoms. The Morgan fingerprint density at radius 2 is 1.67 bits per heavy atom. The minimum absolute atomic E-state index is 0.0888. The minimum atomic E-state index is -0.0888. The van der Waals surface area contributed by atoms with Gasteiger partial charge in [0.1, 0.15) is 5.82 Å². The summed E-state index contributed by atoms with van der Waals surface area (Å²) in [5, 5.41) is 3.33. The fourth-order valence-corrected chi connectivity index (χ4v) is 2.46. The molecule has 1 rings (SSSR count). The van der Waals surface area contributed by atoms with Crippen LogP contribution in [0.4, 0.5) is 10.1 Å². The lowest BCUT2D eigenvalue weighted by atomic mass is 10.1. The van der Waals surface area contributed by atoms with Gasteiger partial charge in [-0.2, -0.15) is 0 Å². The zero-order chi connectivity index (χ0) is 15.5. The first-order valence-corrected chi connectivity index (χ1v) is 8.47. The van der Waals surface area contributed by atoms with Crippen LogP contribution in [0.5, 0.6) is 0 Å². The summed E-state index contributed by atoms with van der Waals surface area (Å²) in [5.74, 6) is -0.0888. The lowest BCUT2D eigenvalue weighted by Crippen LogP contribution is -2.28. The molecule has 1 aromatic carbocycles. The monoisotopic (exact) mass is 294 g/mol. The van der Waals surface area contributed by atoms with Crippen LogP contribution in [0.1, 0.15) is 58.4 Å². The van der Waals surface area contributed by atoms with Crippen molar-refractivity contribution in [1.82, 2.24) is 5.32 Å². The van der Waals surface area contributed by atoms with E-state index in [4.69, 9.17) is 0 Å². The Morgan fingerprint density at radius 3 is 2.24 bits per heavy atom. The zero-order valence-electron chi connectivity index (χ0n) is 13.9. The number of unbranched alkanes of at least 4 members (excludes halogenated alkanes) is 2. The van der Waals surface area contributed by atoms with E-state index in [1.54, 1.807) is 6.07 Å². The molecule has 0 aliphatic carbocycles. The van der Waals surface area contributed by atoms with Gasteiger partial charge in [-0.15, -0.1) is 0 Å². The van der Waals surface area contributed by atoms with Gasteiger partial charge in [-0.1, -0.05) is 39.7 Å². The van der Waals surface area contributed by atoms with Gasteiger partial charge in [-0.3, -0.25) is 0 Å². The molecule has 2 nitrogen and oxygen atoms in total. The fourth-order valence-electron chi connectivity index (χ4n) is 2.46. The van der Waals surface area contributed by atoms with Gasteiger partial charge in [-0.05, 0) is 37.9 Å². The number of anilines is 1. The number of nitrogens with one attached hydrogen (secondary N) is 1. The molecular weight excluding hydrogens is 263 g/mol. The second-order valence-electron chi connectivity index (χ2n) is 5.61. The van der Waals surface area contributed by atoms with Crippen LogP contribution in [-0.2, 0) is 6.54 Å². The third kappa shape index (κ3) is 6.04. The Kier molecular flexibility index (Phi) is 9.07. The summed E-state index contributed by atoms with van der Waals surface area (Å²) in [7, 11) is 0. The first-order valence-electron chi connectivity index (χ1n) is 8.47. The predicted molar refractivity (Wildman–Crippen MR) is 90.4 cm³/mol. The third-order valence-electron chi connectivity index (χ3n) is 3.73. The van der Waals surface area contributed by atoms with Gasteiger partial charge in [0.25, 0.3) is 0 Å². The lowest BCUT2D eigenvalue weighted by Gasteiger charge is -2.27. The molecule has 0 saturated carbocycles. The predicted octanol–water partition coefficient (Wildman–Crippen LogP) is 4.73. The normalized spacial score (nSPS) is 10.9. The third-order valence-corrected chi connectivity index (χ3v) is 3.73. The van der Waals surface area contributed by atoms with Crippen LogP contribution in [-0.4, -0.2) is 19.6 Å². The van der Waals surface area contributed by atoms with Crippen molar-refractivity contribution in [3.8, 4) is 0 Å². The fraction of sp³-hybridized carbons (Fsp3) is 0.667. The summed E-state index contributed by atoms with van der Waals surface area (Å²) < 4.78 is 14.2. The van der Waals surface area contributed by atoms with Crippen LogP contribution in [0.2, 0.25) is 0 Å². The number of hydrogen-bond donors (Lipinski definition) is 1. The van der Waals surface area contributed by atoms with Crippen LogP contribution < -0.4 is 10.2 Å². The number of benzene rings is 1. The van der Waals surface area contributed by atoms with Crippen molar-refractivity contribution in [2.75, 3.05) is 24.5 Å². The van der Waals surface area contributed by atoms with E-state index >= 15 is 0 Å². The standard InChI is InChI=1S/C18H31FN2/c1-4-7-13-21(14-8-5-2)18-11-9-10-17(19)16(18)15-20-12-6-3/h9-11,20H,4-8,12-15H2,1-3H3. The van der Waals surface area contributed by atoms with Crippen molar-refractivity contribution in [2.45, 2.75) is 59.4 Å². The van der Waals surface area contributed by atoms with E-state index in [0.29, 0.717) is 6.54 Å². The van der Waals surface area contributed by atoms with Gasteiger partial charge in [0.05, 0.1) is 0 Å². The van der Waals surface area contributed by atoms with E-state index in [0.717, 1.165) is 50.1 Å².